The highest BCUT2D eigenvalue weighted by Crippen LogP contribution is 2.70. The summed E-state index contributed by atoms with van der Waals surface area (Å²) < 4.78 is 2.43. The van der Waals surface area contributed by atoms with Crippen LogP contribution in [-0.4, -0.2) is 11.6 Å². The molecular formula is C48H32N4O2S2. The number of rotatable bonds is 2. The molecule has 0 bridgehead atoms. The van der Waals surface area contributed by atoms with Gasteiger partial charge in [-0.3, -0.25) is 9.59 Å². The van der Waals surface area contributed by atoms with Gasteiger partial charge in [0.1, 0.15) is 35.4 Å². The predicted octanol–water partition coefficient (Wildman–Crippen LogP) is 11.5. The van der Waals surface area contributed by atoms with Crippen LogP contribution in [0, 0.1) is 50.7 Å². The second-order valence-electron chi connectivity index (χ2n) is 15.6. The molecule has 2 saturated carbocycles. The molecule has 2 spiro atoms. The molecule has 0 amide bonds. The van der Waals surface area contributed by atoms with Crippen molar-refractivity contribution in [1.29, 1.82) is 21.0 Å². The second-order valence-corrected chi connectivity index (χ2v) is 17.8. The first-order chi connectivity index (χ1) is 27.4. The maximum Gasteiger partial charge on any atom is 0.194 e. The number of allylic oxidation sites excluding steroid dienone is 11. The van der Waals surface area contributed by atoms with Crippen molar-refractivity contribution in [3.8, 4) is 24.3 Å². The van der Waals surface area contributed by atoms with E-state index in [2.05, 4.69) is 24.3 Å². The Morgan fingerprint density at radius 3 is 1.66 bits per heavy atom. The molecule has 2 aromatic carbocycles. The van der Waals surface area contributed by atoms with Gasteiger partial charge in [0.25, 0.3) is 0 Å². The molecule has 2 fully saturated rings. The summed E-state index contributed by atoms with van der Waals surface area (Å²) in [6.07, 6.45) is 17.1. The summed E-state index contributed by atoms with van der Waals surface area (Å²) in [5.74, 6) is -0.308. The monoisotopic (exact) mass is 760 g/mol. The Balaban J connectivity index is 1.14. The zero-order valence-corrected chi connectivity index (χ0v) is 32.1. The third-order valence-corrected chi connectivity index (χ3v) is 15.4. The number of benzene rings is 2. The van der Waals surface area contributed by atoms with Gasteiger partial charge in [-0.15, -0.1) is 22.7 Å². The minimum absolute atomic E-state index is 0.0380. The molecule has 2 heterocycles. The van der Waals surface area contributed by atoms with Gasteiger partial charge >= 0.3 is 0 Å². The maximum atomic E-state index is 14.1. The van der Waals surface area contributed by atoms with Gasteiger partial charge in [-0.1, -0.05) is 93.1 Å². The number of fused-ring (bicyclic) bond motifs is 9. The molecule has 6 aliphatic carbocycles. The highest BCUT2D eigenvalue weighted by Gasteiger charge is 2.56. The van der Waals surface area contributed by atoms with Gasteiger partial charge in [-0.05, 0) is 77.3 Å². The van der Waals surface area contributed by atoms with Crippen LogP contribution in [0.4, 0.5) is 0 Å². The average molecular weight is 761 g/mol. The lowest BCUT2D eigenvalue weighted by Crippen LogP contribution is -2.28. The van der Waals surface area contributed by atoms with E-state index in [1.807, 2.05) is 59.9 Å². The van der Waals surface area contributed by atoms with Crippen molar-refractivity contribution >= 4 is 66.4 Å². The summed E-state index contributed by atoms with van der Waals surface area (Å²) in [4.78, 5) is 30.2. The molecule has 0 saturated heterocycles. The lowest BCUT2D eigenvalue weighted by molar-refractivity contribution is 0.103. The Labute approximate surface area is 332 Å². The van der Waals surface area contributed by atoms with E-state index in [9.17, 15) is 30.6 Å². The molecule has 0 atom stereocenters. The largest absolute Gasteiger partial charge is 0.289 e. The molecule has 10 rings (SSSR count). The van der Waals surface area contributed by atoms with Crippen molar-refractivity contribution in [2.75, 3.05) is 0 Å². The van der Waals surface area contributed by atoms with Gasteiger partial charge < -0.3 is 0 Å². The first-order valence-electron chi connectivity index (χ1n) is 19.2. The molecule has 0 radical (unpaired) electrons. The van der Waals surface area contributed by atoms with E-state index in [4.69, 9.17) is 0 Å². The van der Waals surface area contributed by atoms with Crippen LogP contribution in [0.5, 0.6) is 0 Å². The van der Waals surface area contributed by atoms with Crippen LogP contribution in [0.1, 0.15) is 111 Å². The second kappa shape index (κ2) is 12.7. The number of Topliss-reactive ketones (excluding diaryl/α,β-unsaturated/α-hetero) is 2. The Kier molecular flexibility index (Phi) is 7.78. The molecule has 8 heteroatoms. The molecule has 6 aliphatic rings. The smallest absolute Gasteiger partial charge is 0.194 e. The molecular weight excluding hydrogens is 729 g/mol. The normalized spacial score (nSPS) is 21.2. The van der Waals surface area contributed by atoms with Crippen molar-refractivity contribution in [1.82, 2.24) is 0 Å². The summed E-state index contributed by atoms with van der Waals surface area (Å²) in [6, 6.07) is 24.9. The van der Waals surface area contributed by atoms with Crippen LogP contribution in [0.25, 0.3) is 32.2 Å². The molecule has 56 heavy (non-hydrogen) atoms. The predicted molar refractivity (Wildman–Crippen MR) is 219 cm³/mol. The van der Waals surface area contributed by atoms with Crippen LogP contribution in [-0.2, 0) is 5.41 Å². The molecule has 0 unspecified atom stereocenters. The van der Waals surface area contributed by atoms with Crippen molar-refractivity contribution in [3.63, 3.8) is 0 Å². The summed E-state index contributed by atoms with van der Waals surface area (Å²) in [7, 11) is 0. The van der Waals surface area contributed by atoms with E-state index < -0.39 is 0 Å². The van der Waals surface area contributed by atoms with E-state index in [0.29, 0.717) is 44.5 Å². The lowest BCUT2D eigenvalue weighted by Gasteiger charge is -2.38. The molecule has 0 N–H and O–H groups in total. The van der Waals surface area contributed by atoms with Crippen LogP contribution in [0.3, 0.4) is 0 Å². The molecule has 4 aromatic rings. The fourth-order valence-electron chi connectivity index (χ4n) is 10.7. The summed E-state index contributed by atoms with van der Waals surface area (Å²) in [5.41, 5.74) is 8.80. The zero-order valence-electron chi connectivity index (χ0n) is 30.4. The van der Waals surface area contributed by atoms with Gasteiger partial charge in [0, 0.05) is 58.7 Å². The number of hydrogen-bond donors (Lipinski definition) is 0. The van der Waals surface area contributed by atoms with Gasteiger partial charge in [-0.2, -0.15) is 21.0 Å². The van der Waals surface area contributed by atoms with E-state index in [1.165, 1.54) is 37.4 Å². The van der Waals surface area contributed by atoms with Gasteiger partial charge in [-0.25, -0.2) is 0 Å². The van der Waals surface area contributed by atoms with Gasteiger partial charge in [0.15, 0.2) is 11.6 Å². The molecule has 0 aliphatic heterocycles. The number of nitriles is 4. The van der Waals surface area contributed by atoms with E-state index in [-0.39, 0.29) is 33.5 Å². The van der Waals surface area contributed by atoms with Crippen molar-refractivity contribution in [3.05, 3.63) is 138 Å². The fraction of sp³-hybridized carbons (Fsp3) is 0.250. The quantitative estimate of drug-likeness (QED) is 0.148. The number of carbonyl (C=O) groups excluding carboxylic acids is 2. The highest BCUT2D eigenvalue weighted by molar-refractivity contribution is 7.29. The fourth-order valence-corrected chi connectivity index (χ4v) is 13.7. The van der Waals surface area contributed by atoms with E-state index in [0.717, 1.165) is 68.2 Å². The van der Waals surface area contributed by atoms with Crippen molar-refractivity contribution in [2.24, 2.45) is 5.41 Å². The minimum atomic E-state index is -0.277. The van der Waals surface area contributed by atoms with Crippen molar-refractivity contribution in [2.45, 2.75) is 69.6 Å². The highest BCUT2D eigenvalue weighted by atomic mass is 32.1. The molecule has 268 valence electrons. The first kappa shape index (κ1) is 34.3. The Hall–Kier alpha value is -6.16. The lowest BCUT2D eigenvalue weighted by atomic mass is 9.66. The van der Waals surface area contributed by atoms with Crippen LogP contribution >= 0.6 is 22.7 Å². The number of thiophene rings is 2. The van der Waals surface area contributed by atoms with Crippen LogP contribution < -0.4 is 0 Å². The average Bonchev–Trinajstić information content (AvgIpc) is 4.03. The minimum Gasteiger partial charge on any atom is -0.289 e. The third-order valence-electron chi connectivity index (χ3n) is 13.1. The van der Waals surface area contributed by atoms with Crippen molar-refractivity contribution < 1.29 is 9.59 Å². The maximum absolute atomic E-state index is 14.1. The first-order valence-corrected chi connectivity index (χ1v) is 20.9. The number of nitrogens with zero attached hydrogens (tertiary/aromatic N) is 4. The van der Waals surface area contributed by atoms with E-state index in [1.54, 1.807) is 35.6 Å². The van der Waals surface area contributed by atoms with Gasteiger partial charge in [0.2, 0.25) is 0 Å². The zero-order chi connectivity index (χ0) is 38.3. The summed E-state index contributed by atoms with van der Waals surface area (Å²) in [6.45, 7) is 0. The number of carbonyl (C=O) groups is 2. The Morgan fingerprint density at radius 1 is 0.625 bits per heavy atom. The SMILES string of the molecule is N#CC(C#N)=C1/C(=C/C2=CC3=C(c4sc5cc(/C=C6\C(=O)c7ccccc7C6=C(C#N)C#N)sc5c4C34CCCCC4)C23CCCCC3)C(=O)c2ccccc21. The standard InChI is InChI=1S/C48H32N4O2S2/c49-23-27(24-50)39-31-11-3-5-13-33(31)43(53)35(39)19-29-20-37-41(47(29)15-7-1-8-16-47)46-42(48(37)17-9-2-10-18-48)45-38(56-46)22-30(55-45)21-36-40(28(25-51)26-52)32-12-4-6-14-34(32)44(36)54/h3-6,11-14,19-22H,1-2,7-10,15-18H2/b35-19-,36-21-. The van der Waals surface area contributed by atoms with Crippen LogP contribution in [0.2, 0.25) is 0 Å². The van der Waals surface area contributed by atoms with Gasteiger partial charge in [0.05, 0.1) is 4.70 Å². The molecule has 2 aromatic heterocycles. The third kappa shape index (κ3) is 4.55. The Bertz CT molecular complexity index is 2860. The van der Waals surface area contributed by atoms with Crippen LogP contribution in [0.15, 0.2) is 100 Å². The number of ketones is 2. The van der Waals surface area contributed by atoms with E-state index >= 15 is 0 Å². The topological polar surface area (TPSA) is 129 Å². The molecule has 6 nitrogen and oxygen atoms in total. The summed E-state index contributed by atoms with van der Waals surface area (Å²) >= 11 is 3.53. The Morgan fingerprint density at radius 2 is 1.12 bits per heavy atom. The summed E-state index contributed by atoms with van der Waals surface area (Å²) in [5, 5.41) is 39.9. The number of hydrogen-bond acceptors (Lipinski definition) is 8.